The molecule has 0 bridgehead atoms. The highest BCUT2D eigenvalue weighted by atomic mass is 35.5. The highest BCUT2D eigenvalue weighted by molar-refractivity contribution is 6.34. The van der Waals surface area contributed by atoms with E-state index < -0.39 is 11.8 Å². The summed E-state index contributed by atoms with van der Waals surface area (Å²) in [5.74, 6) is -1.63. The lowest BCUT2D eigenvalue weighted by atomic mass is 9.99. The van der Waals surface area contributed by atoms with Crippen LogP contribution in [0.3, 0.4) is 0 Å². The Bertz CT molecular complexity index is 1070. The van der Waals surface area contributed by atoms with Crippen LogP contribution in [0.5, 0.6) is 5.75 Å². The molecule has 0 atom stereocenters. The van der Waals surface area contributed by atoms with E-state index in [9.17, 15) is 19.1 Å². The van der Waals surface area contributed by atoms with Gasteiger partial charge in [-0.15, -0.1) is 0 Å². The summed E-state index contributed by atoms with van der Waals surface area (Å²) in [7, 11) is 2.90. The fourth-order valence-corrected chi connectivity index (χ4v) is 3.07. The average Bonchev–Trinajstić information content (AvgIpc) is 2.57. The number of carboxylic acids is 1. The number of aromatic nitrogens is 1. The van der Waals surface area contributed by atoms with Gasteiger partial charge in [0, 0.05) is 18.8 Å². The number of aryl methyl sites for hydroxylation is 1. The second-order valence-electron chi connectivity index (χ2n) is 5.49. The van der Waals surface area contributed by atoms with Crippen LogP contribution in [-0.2, 0) is 7.05 Å². The minimum atomic E-state index is -1.21. The van der Waals surface area contributed by atoms with Gasteiger partial charge in [-0.25, -0.2) is 9.18 Å². The number of carbonyl (C=O) groups is 1. The largest absolute Gasteiger partial charge is 0.496 e. The van der Waals surface area contributed by atoms with E-state index in [1.807, 2.05) is 0 Å². The molecule has 0 saturated carbocycles. The van der Waals surface area contributed by atoms with Crippen molar-refractivity contribution >= 4 is 28.3 Å². The van der Waals surface area contributed by atoms with Crippen molar-refractivity contribution in [1.82, 2.24) is 4.57 Å². The number of hydrogen-bond acceptors (Lipinski definition) is 3. The number of rotatable bonds is 3. The number of hydrogen-bond donors (Lipinski definition) is 1. The minimum absolute atomic E-state index is 0.00552. The third-order valence-corrected chi connectivity index (χ3v) is 4.24. The standard InChI is InChI=1S/C18H13ClFNO4/c1-21-8-13(11-4-3-10(20)7-12(11)17(21)22)9-5-14(19)16(18(23)24)15(6-9)25-2/h3-8H,1-2H3,(H,23,24). The number of benzene rings is 2. The van der Waals surface area contributed by atoms with Gasteiger partial charge < -0.3 is 14.4 Å². The second kappa shape index (κ2) is 6.22. The molecule has 0 amide bonds. The summed E-state index contributed by atoms with van der Waals surface area (Å²) in [6.07, 6.45) is 1.59. The molecule has 0 spiro atoms. The fraction of sp³-hybridized carbons (Fsp3) is 0.111. The Balaban J connectivity index is 2.38. The maximum Gasteiger partial charge on any atom is 0.341 e. The van der Waals surface area contributed by atoms with Crippen LogP contribution in [0.2, 0.25) is 5.02 Å². The summed E-state index contributed by atoms with van der Waals surface area (Å²) < 4.78 is 20.0. The van der Waals surface area contributed by atoms with Crippen LogP contribution in [0.4, 0.5) is 4.39 Å². The molecular formula is C18H13ClFNO4. The Kier molecular flexibility index (Phi) is 4.22. The maximum absolute atomic E-state index is 13.6. The van der Waals surface area contributed by atoms with Crippen LogP contribution >= 0.6 is 11.6 Å². The Morgan fingerprint density at radius 3 is 2.60 bits per heavy atom. The summed E-state index contributed by atoms with van der Waals surface area (Å²) in [5.41, 5.74) is 0.680. The predicted octanol–water partition coefficient (Wildman–Crippen LogP) is 3.70. The molecule has 25 heavy (non-hydrogen) atoms. The van der Waals surface area contributed by atoms with Crippen LogP contribution < -0.4 is 10.3 Å². The maximum atomic E-state index is 13.6. The molecular weight excluding hydrogens is 349 g/mol. The average molecular weight is 362 g/mol. The van der Waals surface area contributed by atoms with E-state index in [0.29, 0.717) is 16.5 Å². The molecule has 128 valence electrons. The first-order valence-electron chi connectivity index (χ1n) is 7.23. The molecule has 0 aliphatic carbocycles. The third kappa shape index (κ3) is 2.85. The molecule has 1 heterocycles. The van der Waals surface area contributed by atoms with E-state index in [1.54, 1.807) is 13.2 Å². The van der Waals surface area contributed by atoms with Gasteiger partial charge in [0.15, 0.2) is 0 Å². The SMILES string of the molecule is COc1cc(-c2cn(C)c(=O)c3cc(F)ccc23)cc(Cl)c1C(=O)O. The first-order chi connectivity index (χ1) is 11.8. The molecule has 7 heteroatoms. The Labute approximate surface area is 146 Å². The number of ether oxygens (including phenoxy) is 1. The summed E-state index contributed by atoms with van der Waals surface area (Å²) in [6, 6.07) is 6.95. The van der Waals surface area contributed by atoms with E-state index in [0.717, 1.165) is 0 Å². The topological polar surface area (TPSA) is 68.5 Å². The zero-order valence-electron chi connectivity index (χ0n) is 13.3. The van der Waals surface area contributed by atoms with Gasteiger partial charge in [-0.1, -0.05) is 17.7 Å². The molecule has 1 N–H and O–H groups in total. The van der Waals surface area contributed by atoms with E-state index in [2.05, 4.69) is 0 Å². The van der Waals surface area contributed by atoms with Gasteiger partial charge in [0.25, 0.3) is 5.56 Å². The lowest BCUT2D eigenvalue weighted by Crippen LogP contribution is -2.16. The van der Waals surface area contributed by atoms with Crippen molar-refractivity contribution in [2.24, 2.45) is 7.05 Å². The molecule has 1 aromatic heterocycles. The number of carboxylic acid groups (broad SMARTS) is 1. The van der Waals surface area contributed by atoms with Crippen LogP contribution in [0.25, 0.3) is 21.9 Å². The highest BCUT2D eigenvalue weighted by Crippen LogP contribution is 2.35. The molecule has 0 unspecified atom stereocenters. The first-order valence-corrected chi connectivity index (χ1v) is 7.61. The van der Waals surface area contributed by atoms with Crippen molar-refractivity contribution < 1.29 is 19.0 Å². The van der Waals surface area contributed by atoms with Crippen LogP contribution in [0, 0.1) is 5.82 Å². The number of nitrogens with zero attached hydrogens (tertiary/aromatic N) is 1. The van der Waals surface area contributed by atoms with Crippen molar-refractivity contribution in [3.63, 3.8) is 0 Å². The highest BCUT2D eigenvalue weighted by Gasteiger charge is 2.19. The van der Waals surface area contributed by atoms with Gasteiger partial charge >= 0.3 is 5.97 Å². The molecule has 0 radical (unpaired) electrons. The smallest absolute Gasteiger partial charge is 0.341 e. The molecule has 0 aliphatic rings. The van der Waals surface area contributed by atoms with Crippen LogP contribution in [0.1, 0.15) is 10.4 Å². The monoisotopic (exact) mass is 361 g/mol. The summed E-state index contributed by atoms with van der Waals surface area (Å²) >= 11 is 6.12. The van der Waals surface area contributed by atoms with E-state index in [-0.39, 0.29) is 27.3 Å². The van der Waals surface area contributed by atoms with Crippen LogP contribution in [-0.4, -0.2) is 22.8 Å². The van der Waals surface area contributed by atoms with E-state index in [4.69, 9.17) is 16.3 Å². The molecule has 0 fully saturated rings. The van der Waals surface area contributed by atoms with Gasteiger partial charge in [-0.2, -0.15) is 0 Å². The summed E-state index contributed by atoms with van der Waals surface area (Å²) in [6.45, 7) is 0. The number of aromatic carboxylic acids is 1. The lowest BCUT2D eigenvalue weighted by Gasteiger charge is -2.13. The summed E-state index contributed by atoms with van der Waals surface area (Å²) in [5, 5.41) is 10.0. The van der Waals surface area contributed by atoms with Gasteiger partial charge in [0.05, 0.1) is 17.5 Å². The Morgan fingerprint density at radius 2 is 1.96 bits per heavy atom. The Morgan fingerprint density at radius 1 is 1.24 bits per heavy atom. The van der Waals surface area contributed by atoms with Crippen molar-refractivity contribution in [2.75, 3.05) is 7.11 Å². The normalized spacial score (nSPS) is 10.9. The van der Waals surface area contributed by atoms with Gasteiger partial charge in [0.2, 0.25) is 0 Å². The summed E-state index contributed by atoms with van der Waals surface area (Å²) in [4.78, 5) is 23.6. The third-order valence-electron chi connectivity index (χ3n) is 3.94. The Hall–Kier alpha value is -2.86. The molecule has 3 rings (SSSR count). The molecule has 0 saturated heterocycles. The number of pyridine rings is 1. The predicted molar refractivity (Wildman–Crippen MR) is 93.1 cm³/mol. The van der Waals surface area contributed by atoms with Gasteiger partial charge in [-0.3, -0.25) is 4.79 Å². The van der Waals surface area contributed by atoms with Crippen molar-refractivity contribution in [3.05, 3.63) is 63.3 Å². The lowest BCUT2D eigenvalue weighted by molar-refractivity contribution is 0.0693. The van der Waals surface area contributed by atoms with E-state index in [1.165, 1.54) is 42.0 Å². The van der Waals surface area contributed by atoms with E-state index >= 15 is 0 Å². The quantitative estimate of drug-likeness (QED) is 0.772. The number of halogens is 2. The molecule has 5 nitrogen and oxygen atoms in total. The number of methoxy groups -OCH3 is 1. The molecule has 3 aromatic rings. The second-order valence-corrected chi connectivity index (χ2v) is 5.90. The number of fused-ring (bicyclic) bond motifs is 1. The van der Waals surface area contributed by atoms with Gasteiger partial charge in [-0.05, 0) is 35.2 Å². The van der Waals surface area contributed by atoms with Crippen molar-refractivity contribution in [1.29, 1.82) is 0 Å². The first kappa shape index (κ1) is 17.0. The zero-order chi connectivity index (χ0) is 18.3. The minimum Gasteiger partial charge on any atom is -0.496 e. The molecule has 2 aromatic carbocycles. The molecule has 0 aliphatic heterocycles. The van der Waals surface area contributed by atoms with Crippen LogP contribution in [0.15, 0.2) is 41.3 Å². The van der Waals surface area contributed by atoms with Crippen molar-refractivity contribution in [3.8, 4) is 16.9 Å². The zero-order valence-corrected chi connectivity index (χ0v) is 14.1. The van der Waals surface area contributed by atoms with Crippen molar-refractivity contribution in [2.45, 2.75) is 0 Å². The fourth-order valence-electron chi connectivity index (χ4n) is 2.78. The van der Waals surface area contributed by atoms with Gasteiger partial charge in [0.1, 0.15) is 17.1 Å².